The van der Waals surface area contributed by atoms with Gasteiger partial charge in [0.05, 0.1) is 0 Å². The van der Waals surface area contributed by atoms with Crippen molar-refractivity contribution in [2.75, 3.05) is 12.0 Å². The normalized spacial score (nSPS) is 11.0. The lowest BCUT2D eigenvalue weighted by atomic mass is 10.2. The van der Waals surface area contributed by atoms with E-state index in [0.29, 0.717) is 0 Å². The third-order valence-corrected chi connectivity index (χ3v) is 2.38. The summed E-state index contributed by atoms with van der Waals surface area (Å²) < 4.78 is 26.3. The molecule has 0 heterocycles. The van der Waals surface area contributed by atoms with Crippen molar-refractivity contribution in [3.05, 3.63) is 35.9 Å². The second kappa shape index (κ2) is 4.93. The van der Waals surface area contributed by atoms with Gasteiger partial charge in [0.15, 0.2) is 9.84 Å². The number of carbonyl (C=O) groups is 1. The number of hydrogen-bond acceptors (Lipinski definition) is 4. The Hall–Kier alpha value is -1.36. The van der Waals surface area contributed by atoms with E-state index < -0.39 is 21.6 Å². The number of hydrogen-bond donors (Lipinski definition) is 0. The van der Waals surface area contributed by atoms with Gasteiger partial charge < -0.3 is 4.74 Å². The first-order chi connectivity index (χ1) is 6.97. The van der Waals surface area contributed by atoms with Crippen molar-refractivity contribution in [3.8, 4) is 0 Å². The number of ether oxygens (including phenoxy) is 1. The molecule has 0 unspecified atom stereocenters. The van der Waals surface area contributed by atoms with Gasteiger partial charge in [-0.1, -0.05) is 30.3 Å². The van der Waals surface area contributed by atoms with Crippen molar-refractivity contribution in [2.24, 2.45) is 0 Å². The summed E-state index contributed by atoms with van der Waals surface area (Å²) in [5, 5.41) is 0. The van der Waals surface area contributed by atoms with Gasteiger partial charge in [-0.2, -0.15) is 0 Å². The first-order valence-electron chi connectivity index (χ1n) is 4.34. The molecule has 15 heavy (non-hydrogen) atoms. The fourth-order valence-electron chi connectivity index (χ4n) is 0.994. The van der Waals surface area contributed by atoms with E-state index in [9.17, 15) is 13.2 Å². The summed E-state index contributed by atoms with van der Waals surface area (Å²) in [7, 11) is -3.30. The molecule has 0 radical (unpaired) electrons. The standard InChI is InChI=1S/C10H12O4S/c1-15(12,13)8-10(11)14-7-9-5-3-2-4-6-9/h2-6H,7-8H2,1H3. The minimum absolute atomic E-state index is 0.106. The van der Waals surface area contributed by atoms with Gasteiger partial charge in [0.2, 0.25) is 0 Å². The molecule has 1 aromatic rings. The maximum atomic E-state index is 11.0. The molecule has 1 aromatic carbocycles. The highest BCUT2D eigenvalue weighted by atomic mass is 32.2. The summed E-state index contributed by atoms with van der Waals surface area (Å²) in [6, 6.07) is 9.09. The number of sulfone groups is 1. The molecule has 0 saturated heterocycles. The van der Waals surface area contributed by atoms with E-state index in [0.717, 1.165) is 11.8 Å². The van der Waals surface area contributed by atoms with E-state index in [1.165, 1.54) is 0 Å². The zero-order valence-electron chi connectivity index (χ0n) is 8.34. The van der Waals surface area contributed by atoms with Crippen LogP contribution in [0.25, 0.3) is 0 Å². The predicted molar refractivity (Wildman–Crippen MR) is 55.9 cm³/mol. The Kier molecular flexibility index (Phi) is 3.85. The molecule has 0 spiro atoms. The van der Waals surface area contributed by atoms with Crippen LogP contribution in [-0.4, -0.2) is 26.4 Å². The summed E-state index contributed by atoms with van der Waals surface area (Å²) in [4.78, 5) is 11.0. The van der Waals surface area contributed by atoms with Gasteiger partial charge in [0, 0.05) is 6.26 Å². The second-order valence-corrected chi connectivity index (χ2v) is 5.36. The Morgan fingerprint density at radius 3 is 2.40 bits per heavy atom. The lowest BCUT2D eigenvalue weighted by Gasteiger charge is -2.03. The van der Waals surface area contributed by atoms with E-state index in [4.69, 9.17) is 4.74 Å². The van der Waals surface area contributed by atoms with Crippen molar-refractivity contribution in [1.29, 1.82) is 0 Å². The Morgan fingerprint density at radius 1 is 1.27 bits per heavy atom. The molecule has 0 aliphatic carbocycles. The fraction of sp³-hybridized carbons (Fsp3) is 0.300. The summed E-state index contributed by atoms with van der Waals surface area (Å²) in [5.41, 5.74) is 0.833. The highest BCUT2D eigenvalue weighted by Gasteiger charge is 2.11. The molecular weight excluding hydrogens is 216 g/mol. The molecule has 0 amide bonds. The van der Waals surface area contributed by atoms with Gasteiger partial charge in [0.1, 0.15) is 12.4 Å². The van der Waals surface area contributed by atoms with Crippen molar-refractivity contribution in [2.45, 2.75) is 6.61 Å². The highest BCUT2D eigenvalue weighted by molar-refractivity contribution is 7.91. The zero-order valence-corrected chi connectivity index (χ0v) is 9.16. The molecule has 0 bridgehead atoms. The lowest BCUT2D eigenvalue weighted by molar-refractivity contribution is -0.141. The van der Waals surface area contributed by atoms with Crippen molar-refractivity contribution in [3.63, 3.8) is 0 Å². The molecule has 0 aliphatic rings. The molecule has 0 fully saturated rings. The number of carbonyl (C=O) groups excluding carboxylic acids is 1. The first kappa shape index (κ1) is 11.7. The van der Waals surface area contributed by atoms with Crippen LogP contribution in [0.1, 0.15) is 5.56 Å². The number of esters is 1. The highest BCUT2D eigenvalue weighted by Crippen LogP contribution is 2.01. The van der Waals surface area contributed by atoms with Crippen molar-refractivity contribution < 1.29 is 17.9 Å². The van der Waals surface area contributed by atoms with Crippen molar-refractivity contribution in [1.82, 2.24) is 0 Å². The fourth-order valence-corrected chi connectivity index (χ4v) is 1.51. The molecule has 82 valence electrons. The summed E-state index contributed by atoms with van der Waals surface area (Å²) >= 11 is 0. The monoisotopic (exact) mass is 228 g/mol. The summed E-state index contributed by atoms with van der Waals surface area (Å²) in [5.74, 6) is -1.29. The molecule has 5 heteroatoms. The van der Waals surface area contributed by atoms with Gasteiger partial charge in [-0.3, -0.25) is 4.79 Å². The molecule has 0 saturated carbocycles. The van der Waals surface area contributed by atoms with Gasteiger partial charge in [0.25, 0.3) is 0 Å². The maximum absolute atomic E-state index is 11.0. The number of benzene rings is 1. The lowest BCUT2D eigenvalue weighted by Crippen LogP contribution is -2.17. The van der Waals surface area contributed by atoms with E-state index in [1.54, 1.807) is 12.1 Å². The quantitative estimate of drug-likeness (QED) is 0.714. The van der Waals surface area contributed by atoms with Crippen LogP contribution in [0.5, 0.6) is 0 Å². The van der Waals surface area contributed by atoms with E-state index >= 15 is 0 Å². The largest absolute Gasteiger partial charge is 0.460 e. The molecular formula is C10H12O4S. The van der Waals surface area contributed by atoms with Crippen LogP contribution in [-0.2, 0) is 26.0 Å². The molecule has 0 N–H and O–H groups in total. The van der Waals surface area contributed by atoms with Crippen LogP contribution in [0.2, 0.25) is 0 Å². The zero-order chi connectivity index (χ0) is 11.3. The molecule has 0 aromatic heterocycles. The molecule has 0 atom stereocenters. The van der Waals surface area contributed by atoms with E-state index in [-0.39, 0.29) is 6.61 Å². The topological polar surface area (TPSA) is 60.4 Å². The van der Waals surface area contributed by atoms with Crippen LogP contribution in [0, 0.1) is 0 Å². The van der Waals surface area contributed by atoms with Crippen molar-refractivity contribution >= 4 is 15.8 Å². The van der Waals surface area contributed by atoms with E-state index in [1.807, 2.05) is 18.2 Å². The summed E-state index contributed by atoms with van der Waals surface area (Å²) in [6.45, 7) is 0.106. The van der Waals surface area contributed by atoms with Crippen LogP contribution >= 0.6 is 0 Å². The second-order valence-electron chi connectivity index (χ2n) is 3.22. The molecule has 4 nitrogen and oxygen atoms in total. The minimum Gasteiger partial charge on any atom is -0.460 e. The third-order valence-electron chi connectivity index (χ3n) is 1.62. The first-order valence-corrected chi connectivity index (χ1v) is 6.41. The van der Waals surface area contributed by atoms with Crippen LogP contribution < -0.4 is 0 Å². The van der Waals surface area contributed by atoms with Crippen LogP contribution in [0.4, 0.5) is 0 Å². The Labute approximate surface area is 88.8 Å². The van der Waals surface area contributed by atoms with Gasteiger partial charge in [-0.05, 0) is 5.56 Å². The average Bonchev–Trinajstić information content (AvgIpc) is 2.14. The molecule has 0 aliphatic heterocycles. The Bertz CT molecular complexity index is 422. The summed E-state index contributed by atoms with van der Waals surface area (Å²) in [6.07, 6.45) is 0.997. The number of rotatable bonds is 4. The van der Waals surface area contributed by atoms with E-state index in [2.05, 4.69) is 0 Å². The minimum atomic E-state index is -3.30. The SMILES string of the molecule is CS(=O)(=O)CC(=O)OCc1ccccc1. The van der Waals surface area contributed by atoms with Gasteiger partial charge >= 0.3 is 5.97 Å². The van der Waals surface area contributed by atoms with Crippen LogP contribution in [0.3, 0.4) is 0 Å². The maximum Gasteiger partial charge on any atom is 0.321 e. The smallest absolute Gasteiger partial charge is 0.321 e. The third kappa shape index (κ3) is 5.17. The van der Waals surface area contributed by atoms with Gasteiger partial charge in [-0.15, -0.1) is 0 Å². The average molecular weight is 228 g/mol. The van der Waals surface area contributed by atoms with Gasteiger partial charge in [-0.25, -0.2) is 8.42 Å². The Balaban J connectivity index is 2.42. The Morgan fingerprint density at radius 2 is 1.87 bits per heavy atom. The molecule has 1 rings (SSSR count). The predicted octanol–water partition coefficient (Wildman–Crippen LogP) is 0.774. The van der Waals surface area contributed by atoms with Crippen LogP contribution in [0.15, 0.2) is 30.3 Å².